The predicted molar refractivity (Wildman–Crippen MR) is 254 cm³/mol. The summed E-state index contributed by atoms with van der Waals surface area (Å²) in [6.45, 7) is 0. The minimum Gasteiger partial charge on any atom is -0.455 e. The van der Waals surface area contributed by atoms with Crippen molar-refractivity contribution in [2.24, 2.45) is 0 Å². The lowest BCUT2D eigenvalue weighted by molar-refractivity contribution is 0.670. The Morgan fingerprint density at radius 2 is 0.839 bits per heavy atom. The van der Waals surface area contributed by atoms with E-state index in [-0.39, 0.29) is 0 Å². The molecular weight excluding hydrogens is 753 g/mol. The minimum atomic E-state index is -0.500. The van der Waals surface area contributed by atoms with Crippen LogP contribution in [0.4, 0.5) is 0 Å². The summed E-state index contributed by atoms with van der Waals surface area (Å²) in [5, 5.41) is 2.22. The van der Waals surface area contributed by atoms with Gasteiger partial charge in [-0.15, -0.1) is 0 Å². The van der Waals surface area contributed by atoms with Crippen LogP contribution in [0, 0.1) is 0 Å². The van der Waals surface area contributed by atoms with Crippen molar-refractivity contribution in [1.82, 2.24) is 9.97 Å². The first-order valence-corrected chi connectivity index (χ1v) is 21.1. The molecule has 0 saturated heterocycles. The second-order valence-electron chi connectivity index (χ2n) is 16.0. The third kappa shape index (κ3) is 5.67. The lowest BCUT2D eigenvalue weighted by Gasteiger charge is -2.34. The van der Waals surface area contributed by atoms with Crippen molar-refractivity contribution in [3.05, 3.63) is 253 Å². The molecule has 12 rings (SSSR count). The van der Waals surface area contributed by atoms with Crippen LogP contribution in [0.25, 0.3) is 89.2 Å². The molecule has 0 bridgehead atoms. The number of hydrogen-bond acceptors (Lipinski definition) is 3. The maximum Gasteiger partial charge on any atom is 0.160 e. The van der Waals surface area contributed by atoms with Gasteiger partial charge in [-0.05, 0) is 74.3 Å². The zero-order valence-corrected chi connectivity index (χ0v) is 33.7. The topological polar surface area (TPSA) is 38.9 Å². The molecular formula is C59H38N2O. The normalized spacial score (nSPS) is 12.6. The minimum absolute atomic E-state index is 0.500. The number of aromatic nitrogens is 2. The summed E-state index contributed by atoms with van der Waals surface area (Å²) < 4.78 is 6.47. The van der Waals surface area contributed by atoms with Crippen LogP contribution >= 0.6 is 0 Å². The number of benzene rings is 9. The lowest BCUT2D eigenvalue weighted by atomic mass is 9.67. The van der Waals surface area contributed by atoms with E-state index in [1.807, 2.05) is 30.3 Å². The highest BCUT2D eigenvalue weighted by atomic mass is 16.3. The van der Waals surface area contributed by atoms with E-state index >= 15 is 0 Å². The summed E-state index contributed by atoms with van der Waals surface area (Å²) in [4.78, 5) is 10.6. The molecule has 2 heterocycles. The monoisotopic (exact) mass is 790 g/mol. The molecule has 11 aromatic rings. The first kappa shape index (κ1) is 35.8. The number of para-hydroxylation sites is 2. The van der Waals surface area contributed by atoms with Gasteiger partial charge in [0.15, 0.2) is 5.82 Å². The number of hydrogen-bond donors (Lipinski definition) is 0. The number of fused-ring (bicyclic) bond motifs is 6. The van der Waals surface area contributed by atoms with Gasteiger partial charge in [-0.1, -0.05) is 206 Å². The standard InChI is InChI=1S/C59H38N2O/c1-3-18-39(19-4-1)58-60-54(42-22-15-20-40(36-42)46-31-17-32-51-50-30-11-14-35-56(50)62-57(46)51)38-55(61-58)49-29-8-7-26-45(49)41-21-16-25-44(37-41)59(43-23-5-2-6-24-43)52-33-12-9-27-47(52)48-28-10-13-34-53(48)59/h1-38H. The van der Waals surface area contributed by atoms with Gasteiger partial charge >= 0.3 is 0 Å². The molecule has 0 aliphatic heterocycles. The van der Waals surface area contributed by atoms with Gasteiger partial charge in [-0.2, -0.15) is 0 Å². The fourth-order valence-electron chi connectivity index (χ4n) is 9.86. The molecule has 290 valence electrons. The Bertz CT molecular complexity index is 3430. The lowest BCUT2D eigenvalue weighted by Crippen LogP contribution is -2.28. The van der Waals surface area contributed by atoms with Crippen molar-refractivity contribution in [3.8, 4) is 67.3 Å². The van der Waals surface area contributed by atoms with Crippen LogP contribution in [0.5, 0.6) is 0 Å². The van der Waals surface area contributed by atoms with Gasteiger partial charge in [0.25, 0.3) is 0 Å². The fourth-order valence-corrected chi connectivity index (χ4v) is 9.86. The average molecular weight is 791 g/mol. The summed E-state index contributed by atoms with van der Waals surface area (Å²) in [5.74, 6) is 0.675. The highest BCUT2D eigenvalue weighted by molar-refractivity contribution is 6.09. The Morgan fingerprint density at radius 3 is 1.61 bits per heavy atom. The SMILES string of the molecule is c1ccc(-c2nc(-c3cccc(-c4cccc5c4oc4ccccc45)c3)cc(-c3ccccc3-c3cccc(C4(c5ccccc5)c5ccccc5-c5ccccc54)c3)n2)cc1. The van der Waals surface area contributed by atoms with Crippen molar-refractivity contribution in [3.63, 3.8) is 0 Å². The van der Waals surface area contributed by atoms with Crippen LogP contribution in [0.3, 0.4) is 0 Å². The van der Waals surface area contributed by atoms with E-state index in [0.29, 0.717) is 5.82 Å². The molecule has 0 spiro atoms. The van der Waals surface area contributed by atoms with Crippen LogP contribution in [0.1, 0.15) is 22.3 Å². The summed E-state index contributed by atoms with van der Waals surface area (Å²) in [5.41, 5.74) is 17.9. The van der Waals surface area contributed by atoms with Gasteiger partial charge in [0, 0.05) is 33.0 Å². The highest BCUT2D eigenvalue weighted by Gasteiger charge is 2.45. The van der Waals surface area contributed by atoms with Gasteiger partial charge in [0.2, 0.25) is 0 Å². The average Bonchev–Trinajstić information content (AvgIpc) is 3.89. The molecule has 0 unspecified atom stereocenters. The van der Waals surface area contributed by atoms with E-state index in [1.165, 1.54) is 33.4 Å². The molecule has 9 aromatic carbocycles. The Kier molecular flexibility index (Phi) is 8.39. The Hall–Kier alpha value is -8.14. The van der Waals surface area contributed by atoms with E-state index in [0.717, 1.165) is 72.3 Å². The van der Waals surface area contributed by atoms with Gasteiger partial charge < -0.3 is 4.42 Å². The van der Waals surface area contributed by atoms with Crippen LogP contribution in [0.2, 0.25) is 0 Å². The van der Waals surface area contributed by atoms with E-state index in [2.05, 4.69) is 200 Å². The molecule has 1 aliphatic rings. The van der Waals surface area contributed by atoms with Crippen molar-refractivity contribution in [2.45, 2.75) is 5.41 Å². The van der Waals surface area contributed by atoms with Gasteiger partial charge in [-0.3, -0.25) is 0 Å². The van der Waals surface area contributed by atoms with Gasteiger partial charge in [-0.25, -0.2) is 9.97 Å². The summed E-state index contributed by atoms with van der Waals surface area (Å²) in [7, 11) is 0. The van der Waals surface area contributed by atoms with E-state index < -0.39 is 5.41 Å². The van der Waals surface area contributed by atoms with Crippen LogP contribution in [-0.4, -0.2) is 9.97 Å². The van der Waals surface area contributed by atoms with Crippen molar-refractivity contribution in [2.75, 3.05) is 0 Å². The quantitative estimate of drug-likeness (QED) is 0.161. The van der Waals surface area contributed by atoms with Crippen LogP contribution in [-0.2, 0) is 5.41 Å². The zero-order chi connectivity index (χ0) is 41.0. The smallest absolute Gasteiger partial charge is 0.160 e. The molecule has 0 amide bonds. The fraction of sp³-hybridized carbons (Fsp3) is 0.0169. The Balaban J connectivity index is 1.03. The first-order chi connectivity index (χ1) is 30.7. The Labute approximate surface area is 360 Å². The van der Waals surface area contributed by atoms with Gasteiger partial charge in [0.05, 0.1) is 16.8 Å². The van der Waals surface area contributed by atoms with E-state index in [9.17, 15) is 0 Å². The molecule has 62 heavy (non-hydrogen) atoms. The molecule has 3 heteroatoms. The molecule has 0 fully saturated rings. The number of nitrogens with zero attached hydrogens (tertiary/aromatic N) is 2. The number of rotatable bonds is 7. The molecule has 0 saturated carbocycles. The van der Waals surface area contributed by atoms with Crippen LogP contribution < -0.4 is 0 Å². The molecule has 0 atom stereocenters. The first-order valence-electron chi connectivity index (χ1n) is 21.1. The summed E-state index contributed by atoms with van der Waals surface area (Å²) >= 11 is 0. The molecule has 2 aromatic heterocycles. The summed E-state index contributed by atoms with van der Waals surface area (Å²) in [6.07, 6.45) is 0. The van der Waals surface area contributed by atoms with Crippen LogP contribution in [0.15, 0.2) is 235 Å². The molecule has 3 nitrogen and oxygen atoms in total. The second kappa shape index (κ2) is 14.5. The summed E-state index contributed by atoms with van der Waals surface area (Å²) in [6, 6.07) is 82.2. The van der Waals surface area contributed by atoms with Crippen molar-refractivity contribution in [1.29, 1.82) is 0 Å². The molecule has 0 N–H and O–H groups in total. The van der Waals surface area contributed by atoms with Crippen molar-refractivity contribution < 1.29 is 4.42 Å². The maximum atomic E-state index is 6.47. The molecule has 0 radical (unpaired) electrons. The largest absolute Gasteiger partial charge is 0.455 e. The van der Waals surface area contributed by atoms with Gasteiger partial charge in [0.1, 0.15) is 11.2 Å². The third-order valence-electron chi connectivity index (χ3n) is 12.6. The third-order valence-corrected chi connectivity index (χ3v) is 12.6. The predicted octanol–water partition coefficient (Wildman–Crippen LogP) is 15.1. The molecule has 1 aliphatic carbocycles. The zero-order valence-electron chi connectivity index (χ0n) is 33.7. The van der Waals surface area contributed by atoms with Crippen molar-refractivity contribution >= 4 is 21.9 Å². The van der Waals surface area contributed by atoms with E-state index in [4.69, 9.17) is 14.4 Å². The van der Waals surface area contributed by atoms with E-state index in [1.54, 1.807) is 0 Å². The second-order valence-corrected chi connectivity index (χ2v) is 16.0. The highest BCUT2D eigenvalue weighted by Crippen LogP contribution is 2.56. The maximum absolute atomic E-state index is 6.47. The Morgan fingerprint density at radius 1 is 0.323 bits per heavy atom. The number of furan rings is 1.